The molecule has 0 aliphatic carbocycles. The van der Waals surface area contributed by atoms with Crippen LogP contribution in [0.4, 0.5) is 8.78 Å². The van der Waals surface area contributed by atoms with Crippen molar-refractivity contribution < 1.29 is 28.2 Å². The molecule has 1 unspecified atom stereocenters. The van der Waals surface area contributed by atoms with E-state index in [2.05, 4.69) is 5.32 Å². The third-order valence-electron chi connectivity index (χ3n) is 6.16. The number of benzene rings is 1. The van der Waals surface area contributed by atoms with E-state index in [1.165, 1.54) is 17.9 Å². The average Bonchev–Trinajstić information content (AvgIpc) is 2.81. The van der Waals surface area contributed by atoms with Crippen molar-refractivity contribution in [2.75, 3.05) is 20.3 Å². The van der Waals surface area contributed by atoms with Crippen LogP contribution in [0.2, 0.25) is 5.02 Å². The number of piperidine rings is 1. The van der Waals surface area contributed by atoms with Gasteiger partial charge in [-0.2, -0.15) is 0 Å². The van der Waals surface area contributed by atoms with Gasteiger partial charge in [-0.05, 0) is 25.3 Å². The molecule has 1 aromatic heterocycles. The molecule has 0 radical (unpaired) electrons. The van der Waals surface area contributed by atoms with Crippen LogP contribution in [0.3, 0.4) is 0 Å². The van der Waals surface area contributed by atoms with E-state index in [0.717, 1.165) is 31.4 Å². The van der Waals surface area contributed by atoms with Gasteiger partial charge < -0.3 is 24.6 Å². The predicted molar refractivity (Wildman–Crippen MR) is 114 cm³/mol. The summed E-state index contributed by atoms with van der Waals surface area (Å²) in [5.74, 6) is -4.15. The molecule has 1 saturated heterocycles. The van der Waals surface area contributed by atoms with E-state index in [9.17, 15) is 28.3 Å². The third-order valence-corrected chi connectivity index (χ3v) is 6.51. The minimum atomic E-state index is -1.02. The highest BCUT2D eigenvalue weighted by atomic mass is 35.5. The van der Waals surface area contributed by atoms with Crippen LogP contribution in [0.1, 0.15) is 51.7 Å². The van der Waals surface area contributed by atoms with Crippen molar-refractivity contribution in [1.29, 1.82) is 0 Å². The number of ether oxygens (including phenoxy) is 1. The first kappa shape index (κ1) is 23.2. The van der Waals surface area contributed by atoms with E-state index in [0.29, 0.717) is 6.54 Å². The minimum Gasteiger partial charge on any atom is -0.503 e. The lowest BCUT2D eigenvalue weighted by Crippen LogP contribution is -2.54. The van der Waals surface area contributed by atoms with Crippen molar-refractivity contribution in [3.63, 3.8) is 0 Å². The van der Waals surface area contributed by atoms with Gasteiger partial charge >= 0.3 is 0 Å². The van der Waals surface area contributed by atoms with Gasteiger partial charge in [0.2, 0.25) is 5.43 Å². The number of amides is 2. The van der Waals surface area contributed by atoms with Gasteiger partial charge in [-0.15, -0.1) is 0 Å². The van der Waals surface area contributed by atoms with Crippen LogP contribution < -0.4 is 10.7 Å². The van der Waals surface area contributed by atoms with Gasteiger partial charge in [0.15, 0.2) is 11.4 Å². The largest absolute Gasteiger partial charge is 0.503 e. The van der Waals surface area contributed by atoms with E-state index in [4.69, 9.17) is 16.3 Å². The van der Waals surface area contributed by atoms with Gasteiger partial charge in [0.25, 0.3) is 11.8 Å². The van der Waals surface area contributed by atoms with E-state index in [-0.39, 0.29) is 30.5 Å². The first-order valence-electron chi connectivity index (χ1n) is 10.4. The van der Waals surface area contributed by atoms with Gasteiger partial charge in [-0.25, -0.2) is 8.78 Å². The highest BCUT2D eigenvalue weighted by molar-refractivity contribution is 6.30. The van der Waals surface area contributed by atoms with E-state index >= 15 is 0 Å². The van der Waals surface area contributed by atoms with Crippen LogP contribution in [0.25, 0.3) is 0 Å². The van der Waals surface area contributed by atoms with Crippen LogP contribution >= 0.6 is 11.6 Å². The van der Waals surface area contributed by atoms with Crippen LogP contribution in [-0.2, 0) is 11.3 Å². The van der Waals surface area contributed by atoms with Crippen molar-refractivity contribution in [1.82, 2.24) is 14.8 Å². The fourth-order valence-corrected chi connectivity index (χ4v) is 4.71. The van der Waals surface area contributed by atoms with Crippen LogP contribution in [0, 0.1) is 11.6 Å². The number of aromatic hydroxyl groups is 1. The minimum absolute atomic E-state index is 0.0812. The number of pyridine rings is 1. The Hall–Kier alpha value is -2.98. The second-order valence-corrected chi connectivity index (χ2v) is 8.46. The van der Waals surface area contributed by atoms with E-state index < -0.39 is 51.3 Å². The molecule has 0 bridgehead atoms. The van der Waals surface area contributed by atoms with Crippen LogP contribution in [-0.4, -0.2) is 52.7 Å². The molecule has 4 rings (SSSR count). The summed E-state index contributed by atoms with van der Waals surface area (Å²) in [4.78, 5) is 40.2. The first-order chi connectivity index (χ1) is 15.8. The van der Waals surface area contributed by atoms with Gasteiger partial charge in [-0.3, -0.25) is 14.4 Å². The zero-order valence-electron chi connectivity index (χ0n) is 17.7. The Morgan fingerprint density at radius 3 is 2.79 bits per heavy atom. The summed E-state index contributed by atoms with van der Waals surface area (Å²) in [6, 6.07) is 1.48. The molecule has 2 atom stereocenters. The summed E-state index contributed by atoms with van der Waals surface area (Å²) < 4.78 is 34.3. The average molecular weight is 482 g/mol. The Kier molecular flexibility index (Phi) is 6.40. The lowest BCUT2D eigenvalue weighted by Gasteiger charge is -2.45. The number of carbonyl (C=O) groups is 2. The van der Waals surface area contributed by atoms with Crippen molar-refractivity contribution in [3.8, 4) is 5.75 Å². The zero-order valence-corrected chi connectivity index (χ0v) is 18.5. The Morgan fingerprint density at radius 1 is 1.30 bits per heavy atom. The highest BCUT2D eigenvalue weighted by Crippen LogP contribution is 2.36. The molecule has 8 nitrogen and oxygen atoms in total. The molecule has 0 spiro atoms. The molecule has 2 aliphatic heterocycles. The molecule has 3 heterocycles. The number of nitrogens with one attached hydrogen (secondary N) is 1. The predicted octanol–water partition coefficient (Wildman–Crippen LogP) is 2.61. The number of nitrogens with zero attached hydrogens (tertiary/aromatic N) is 2. The number of hydrogen-bond acceptors (Lipinski definition) is 5. The molecule has 11 heteroatoms. The van der Waals surface area contributed by atoms with Crippen molar-refractivity contribution >= 4 is 23.4 Å². The number of halogens is 3. The number of rotatable bonds is 5. The summed E-state index contributed by atoms with van der Waals surface area (Å²) in [5.41, 5.74) is -1.70. The second kappa shape index (κ2) is 9.11. The van der Waals surface area contributed by atoms with Gasteiger partial charge in [0.05, 0.1) is 18.7 Å². The molecular weight excluding hydrogens is 460 g/mol. The molecule has 2 N–H and O–H groups in total. The van der Waals surface area contributed by atoms with Crippen molar-refractivity contribution in [2.24, 2.45) is 0 Å². The highest BCUT2D eigenvalue weighted by Gasteiger charge is 2.43. The van der Waals surface area contributed by atoms with Crippen molar-refractivity contribution in [3.05, 3.63) is 62.0 Å². The standard InChI is InChI=1S/C22H22ClF2N3O5/c1-33-10-15-14-4-2-3-7-27(14)22(32)18-20(30)19(29)12(9-28(15)18)21(31)26-8-11-5-6-13(24)16(23)17(11)25/h5-6,9,14-15,30H,2-4,7-8,10H2,1H3,(H,26,31)/t14?,15-/m0/s1. The maximum atomic E-state index is 14.1. The van der Waals surface area contributed by atoms with E-state index in [1.807, 2.05) is 0 Å². The molecule has 2 amide bonds. The normalized spacial score (nSPS) is 19.8. The molecule has 2 aliphatic rings. The maximum absolute atomic E-state index is 14.1. The van der Waals surface area contributed by atoms with E-state index in [1.54, 1.807) is 4.90 Å². The quantitative estimate of drug-likeness (QED) is 0.639. The molecule has 176 valence electrons. The Morgan fingerprint density at radius 2 is 2.06 bits per heavy atom. The lowest BCUT2D eigenvalue weighted by atomic mass is 9.91. The molecule has 0 saturated carbocycles. The number of aromatic nitrogens is 1. The summed E-state index contributed by atoms with van der Waals surface area (Å²) in [7, 11) is 1.50. The summed E-state index contributed by atoms with van der Waals surface area (Å²) >= 11 is 5.56. The van der Waals surface area contributed by atoms with Crippen molar-refractivity contribution in [2.45, 2.75) is 37.9 Å². The van der Waals surface area contributed by atoms with Crippen LogP contribution in [0.15, 0.2) is 23.1 Å². The second-order valence-electron chi connectivity index (χ2n) is 8.08. The number of fused-ring (bicyclic) bond motifs is 2. The molecule has 1 fully saturated rings. The third kappa shape index (κ3) is 3.97. The fraction of sp³-hybridized carbons (Fsp3) is 0.409. The topological polar surface area (TPSA) is 101 Å². The maximum Gasteiger partial charge on any atom is 0.274 e. The summed E-state index contributed by atoms with van der Waals surface area (Å²) in [6.45, 7) is 0.332. The lowest BCUT2D eigenvalue weighted by molar-refractivity contribution is 0.0249. The molecular formula is C22H22ClF2N3O5. The Balaban J connectivity index is 1.70. The fourth-order valence-electron chi connectivity index (χ4n) is 4.52. The number of carbonyl (C=O) groups excluding carboxylic acids is 2. The monoisotopic (exact) mass is 481 g/mol. The van der Waals surface area contributed by atoms with Crippen LogP contribution in [0.5, 0.6) is 5.75 Å². The number of methoxy groups -OCH3 is 1. The summed E-state index contributed by atoms with van der Waals surface area (Å²) in [6.07, 6.45) is 3.68. The van der Waals surface area contributed by atoms with Gasteiger partial charge in [0.1, 0.15) is 22.2 Å². The molecule has 33 heavy (non-hydrogen) atoms. The van der Waals surface area contributed by atoms with Gasteiger partial charge in [-0.1, -0.05) is 17.7 Å². The molecule has 2 aromatic rings. The molecule has 1 aromatic carbocycles. The SMILES string of the molecule is COC[C@H]1C2CCCCN2C(=O)c2c(O)c(=O)c(C(=O)NCc3ccc(F)c(Cl)c3F)cn21. The Bertz CT molecular complexity index is 1190. The first-order valence-corrected chi connectivity index (χ1v) is 10.8. The Labute approximate surface area is 192 Å². The zero-order chi connectivity index (χ0) is 23.9. The number of hydrogen-bond donors (Lipinski definition) is 2. The summed E-state index contributed by atoms with van der Waals surface area (Å²) in [5, 5.41) is 12.3. The van der Waals surface area contributed by atoms with Gasteiger partial charge in [0, 0.05) is 32.0 Å². The smallest absolute Gasteiger partial charge is 0.274 e.